The average molecular weight is 345 g/mol. The lowest BCUT2D eigenvalue weighted by Gasteiger charge is -2.44. The Bertz CT molecular complexity index is 519. The van der Waals surface area contributed by atoms with Crippen LogP contribution in [-0.4, -0.2) is 11.7 Å². The van der Waals surface area contributed by atoms with Crippen molar-refractivity contribution in [2.75, 3.05) is 0 Å². The minimum Gasteiger partial charge on any atom is -0.368 e. The van der Waals surface area contributed by atoms with Crippen molar-refractivity contribution in [2.24, 2.45) is 16.7 Å². The van der Waals surface area contributed by atoms with Crippen LogP contribution < -0.4 is 0 Å². The highest BCUT2D eigenvalue weighted by molar-refractivity contribution is 5.24. The average Bonchev–Trinajstić information content (AvgIpc) is 2.40. The van der Waals surface area contributed by atoms with Gasteiger partial charge in [0.05, 0.1) is 11.7 Å². The van der Waals surface area contributed by atoms with Gasteiger partial charge in [-0.2, -0.15) is 0 Å². The molecule has 1 heteroatoms. The third-order valence-electron chi connectivity index (χ3n) is 5.05. The summed E-state index contributed by atoms with van der Waals surface area (Å²) in [4.78, 5) is 0. The van der Waals surface area contributed by atoms with Crippen molar-refractivity contribution in [3.05, 3.63) is 48.1 Å². The lowest BCUT2D eigenvalue weighted by molar-refractivity contribution is -0.126. The molecular formula is C24H40O. The largest absolute Gasteiger partial charge is 0.368 e. The summed E-state index contributed by atoms with van der Waals surface area (Å²) in [5, 5.41) is 0. The molecule has 0 aromatic heterocycles. The van der Waals surface area contributed by atoms with Gasteiger partial charge in [-0.1, -0.05) is 89.6 Å². The number of rotatable bonds is 5. The highest BCUT2D eigenvalue weighted by Crippen LogP contribution is 2.41. The molecule has 0 aromatic carbocycles. The molecule has 1 fully saturated rings. The zero-order chi connectivity index (χ0) is 19.3. The number of allylic oxidation sites excluding steroid dienone is 7. The zero-order valence-electron chi connectivity index (χ0n) is 18.0. The van der Waals surface area contributed by atoms with E-state index in [0.29, 0.717) is 16.7 Å². The quantitative estimate of drug-likeness (QED) is 0.477. The normalized spacial score (nSPS) is 26.0. The van der Waals surface area contributed by atoms with Crippen molar-refractivity contribution < 1.29 is 4.74 Å². The zero-order valence-corrected chi connectivity index (χ0v) is 18.0. The Morgan fingerprint density at radius 1 is 1.08 bits per heavy atom. The summed E-state index contributed by atoms with van der Waals surface area (Å²) in [6.45, 7) is 20.3. The van der Waals surface area contributed by atoms with E-state index in [-0.39, 0.29) is 11.7 Å². The van der Waals surface area contributed by atoms with Gasteiger partial charge >= 0.3 is 0 Å². The molecule has 0 N–H and O–H groups in total. The second-order valence-corrected chi connectivity index (χ2v) is 10.2. The van der Waals surface area contributed by atoms with E-state index in [1.54, 1.807) is 0 Å². The molecule has 1 aliphatic rings. The van der Waals surface area contributed by atoms with E-state index < -0.39 is 0 Å². The van der Waals surface area contributed by atoms with Crippen LogP contribution in [0.25, 0.3) is 0 Å². The third kappa shape index (κ3) is 8.72. The second kappa shape index (κ2) is 8.54. The SMILES string of the molecule is CC(/C=C/[C@@H]1CC(C)(C)CC(C)(C)O1)=C\C=C\C=C\[C@@H](C)C(C)(C)C. The van der Waals surface area contributed by atoms with Crippen LogP contribution >= 0.6 is 0 Å². The molecule has 142 valence electrons. The van der Waals surface area contributed by atoms with Gasteiger partial charge < -0.3 is 4.74 Å². The highest BCUT2D eigenvalue weighted by Gasteiger charge is 2.38. The number of hydrogen-bond donors (Lipinski definition) is 0. The Hall–Kier alpha value is -1.08. The van der Waals surface area contributed by atoms with Crippen molar-refractivity contribution >= 4 is 0 Å². The van der Waals surface area contributed by atoms with Crippen molar-refractivity contribution in [1.82, 2.24) is 0 Å². The molecule has 0 aliphatic carbocycles. The summed E-state index contributed by atoms with van der Waals surface area (Å²) in [6, 6.07) is 0. The molecule has 1 nitrogen and oxygen atoms in total. The van der Waals surface area contributed by atoms with Crippen molar-refractivity contribution in [3.63, 3.8) is 0 Å². The van der Waals surface area contributed by atoms with Crippen LogP contribution in [0.4, 0.5) is 0 Å². The van der Waals surface area contributed by atoms with E-state index >= 15 is 0 Å². The van der Waals surface area contributed by atoms with E-state index in [1.807, 2.05) is 0 Å². The molecule has 0 radical (unpaired) electrons. The molecule has 1 heterocycles. The molecule has 2 atom stereocenters. The molecule has 1 rings (SSSR count). The fourth-order valence-corrected chi connectivity index (χ4v) is 3.48. The molecular weight excluding hydrogens is 304 g/mol. The van der Waals surface area contributed by atoms with Gasteiger partial charge in [-0.05, 0) is 50.4 Å². The standard InChI is InChI=1S/C24H40O/c1-19(13-11-10-12-14-20(2)22(3,4)5)15-16-21-17-23(6,7)18-24(8,9)25-21/h10-16,20-21H,17-18H2,1-9H3/b11-10+,14-12+,16-15+,19-13+/t20-,21-/m1/s1. The Morgan fingerprint density at radius 3 is 2.28 bits per heavy atom. The number of hydrogen-bond acceptors (Lipinski definition) is 1. The van der Waals surface area contributed by atoms with Crippen molar-refractivity contribution in [1.29, 1.82) is 0 Å². The van der Waals surface area contributed by atoms with E-state index in [9.17, 15) is 0 Å². The van der Waals surface area contributed by atoms with E-state index in [1.165, 1.54) is 5.57 Å². The predicted molar refractivity (Wildman–Crippen MR) is 112 cm³/mol. The Morgan fingerprint density at radius 2 is 1.72 bits per heavy atom. The first-order valence-electron chi connectivity index (χ1n) is 9.69. The van der Waals surface area contributed by atoms with E-state index in [0.717, 1.165) is 12.8 Å². The molecule has 1 aliphatic heterocycles. The van der Waals surface area contributed by atoms with Crippen LogP contribution in [0.5, 0.6) is 0 Å². The molecule has 0 spiro atoms. The van der Waals surface area contributed by atoms with Crippen molar-refractivity contribution in [3.8, 4) is 0 Å². The molecule has 0 unspecified atom stereocenters. The summed E-state index contributed by atoms with van der Waals surface area (Å²) in [6.07, 6.45) is 17.6. The maximum atomic E-state index is 6.22. The summed E-state index contributed by atoms with van der Waals surface area (Å²) in [5.74, 6) is 0.567. The lowest BCUT2D eigenvalue weighted by Crippen LogP contribution is -2.42. The molecule has 0 amide bonds. The van der Waals surface area contributed by atoms with Crippen LogP contribution in [-0.2, 0) is 4.74 Å². The fraction of sp³-hybridized carbons (Fsp3) is 0.667. The van der Waals surface area contributed by atoms with Crippen LogP contribution in [0.2, 0.25) is 0 Å². The fourth-order valence-electron chi connectivity index (χ4n) is 3.48. The second-order valence-electron chi connectivity index (χ2n) is 10.2. The topological polar surface area (TPSA) is 9.23 Å². The minimum atomic E-state index is -0.0389. The Labute approximate surface area is 156 Å². The van der Waals surface area contributed by atoms with Gasteiger partial charge in [-0.25, -0.2) is 0 Å². The summed E-state index contributed by atoms with van der Waals surface area (Å²) < 4.78 is 6.22. The maximum absolute atomic E-state index is 6.22. The van der Waals surface area contributed by atoms with Crippen LogP contribution in [0.3, 0.4) is 0 Å². The smallest absolute Gasteiger partial charge is 0.0771 e. The minimum absolute atomic E-state index is 0.0389. The lowest BCUT2D eigenvalue weighted by atomic mass is 9.75. The maximum Gasteiger partial charge on any atom is 0.0771 e. The van der Waals surface area contributed by atoms with E-state index in [4.69, 9.17) is 4.74 Å². The van der Waals surface area contributed by atoms with Gasteiger partial charge in [0.25, 0.3) is 0 Å². The first kappa shape index (κ1) is 22.0. The van der Waals surface area contributed by atoms with E-state index in [2.05, 4.69) is 105 Å². The molecule has 0 bridgehead atoms. The van der Waals surface area contributed by atoms with Crippen LogP contribution in [0.15, 0.2) is 48.1 Å². The molecule has 25 heavy (non-hydrogen) atoms. The third-order valence-corrected chi connectivity index (χ3v) is 5.05. The van der Waals surface area contributed by atoms with Gasteiger partial charge in [-0.3, -0.25) is 0 Å². The van der Waals surface area contributed by atoms with Crippen LogP contribution in [0.1, 0.15) is 75.2 Å². The van der Waals surface area contributed by atoms with Gasteiger partial charge in [0.15, 0.2) is 0 Å². The van der Waals surface area contributed by atoms with Crippen LogP contribution in [0, 0.1) is 16.7 Å². The first-order chi connectivity index (χ1) is 11.3. The Kier molecular flexibility index (Phi) is 7.50. The highest BCUT2D eigenvalue weighted by atomic mass is 16.5. The van der Waals surface area contributed by atoms with Crippen molar-refractivity contribution in [2.45, 2.75) is 86.9 Å². The van der Waals surface area contributed by atoms with Gasteiger partial charge in [0, 0.05) is 0 Å². The molecule has 1 saturated heterocycles. The van der Waals surface area contributed by atoms with Gasteiger partial charge in [-0.15, -0.1) is 0 Å². The first-order valence-corrected chi connectivity index (χ1v) is 9.69. The van der Waals surface area contributed by atoms with Gasteiger partial charge in [0.2, 0.25) is 0 Å². The number of ether oxygens (including phenoxy) is 1. The Balaban J connectivity index is 2.58. The monoisotopic (exact) mass is 344 g/mol. The summed E-state index contributed by atoms with van der Waals surface area (Å²) in [7, 11) is 0. The molecule has 0 saturated carbocycles. The molecule has 0 aromatic rings. The summed E-state index contributed by atoms with van der Waals surface area (Å²) in [5.41, 5.74) is 1.87. The summed E-state index contributed by atoms with van der Waals surface area (Å²) >= 11 is 0. The predicted octanol–water partition coefficient (Wildman–Crippen LogP) is 7.27. The van der Waals surface area contributed by atoms with Gasteiger partial charge in [0.1, 0.15) is 0 Å².